The van der Waals surface area contributed by atoms with E-state index in [1.165, 1.54) is 0 Å². The molecule has 1 aliphatic heterocycles. The van der Waals surface area contributed by atoms with Crippen LogP contribution in [0.15, 0.2) is 16.9 Å². The van der Waals surface area contributed by atoms with E-state index in [0.717, 1.165) is 23.0 Å². The number of amides is 1. The predicted molar refractivity (Wildman–Crippen MR) is 79.5 cm³/mol. The fourth-order valence-corrected chi connectivity index (χ4v) is 2.93. The first-order chi connectivity index (χ1) is 9.66. The van der Waals surface area contributed by atoms with Gasteiger partial charge in [-0.05, 0) is 28.8 Å². The Balaban J connectivity index is 1.86. The Labute approximate surface area is 125 Å². The van der Waals surface area contributed by atoms with Crippen LogP contribution in [0, 0.1) is 0 Å². The molecule has 1 aliphatic carbocycles. The second-order valence-electron chi connectivity index (χ2n) is 5.13. The van der Waals surface area contributed by atoms with Crippen molar-refractivity contribution in [2.24, 2.45) is 0 Å². The van der Waals surface area contributed by atoms with Crippen molar-refractivity contribution < 1.29 is 9.53 Å². The summed E-state index contributed by atoms with van der Waals surface area (Å²) >= 11 is 3.47. The summed E-state index contributed by atoms with van der Waals surface area (Å²) in [7, 11) is 0. The third kappa shape index (κ3) is 2.73. The highest BCUT2D eigenvalue weighted by Crippen LogP contribution is 2.33. The first-order valence-electron chi connectivity index (χ1n) is 6.70. The minimum Gasteiger partial charge on any atom is -0.396 e. The Hall–Kier alpha value is -1.34. The first-order valence-corrected chi connectivity index (χ1v) is 7.50. The number of pyridine rings is 1. The molecule has 6 nitrogen and oxygen atoms in total. The third-order valence-electron chi connectivity index (χ3n) is 3.54. The van der Waals surface area contributed by atoms with E-state index in [9.17, 15) is 4.79 Å². The fraction of sp³-hybridized carbons (Fsp3) is 0.538. The van der Waals surface area contributed by atoms with Gasteiger partial charge in [-0.2, -0.15) is 0 Å². The zero-order chi connectivity index (χ0) is 14.1. The van der Waals surface area contributed by atoms with Crippen molar-refractivity contribution in [3.63, 3.8) is 0 Å². The van der Waals surface area contributed by atoms with Crippen molar-refractivity contribution in [1.82, 2.24) is 10.3 Å². The van der Waals surface area contributed by atoms with Crippen molar-refractivity contribution in [3.05, 3.63) is 16.9 Å². The van der Waals surface area contributed by atoms with Gasteiger partial charge in [-0.15, -0.1) is 0 Å². The van der Waals surface area contributed by atoms with Gasteiger partial charge in [0, 0.05) is 18.8 Å². The van der Waals surface area contributed by atoms with E-state index in [1.54, 1.807) is 12.4 Å². The summed E-state index contributed by atoms with van der Waals surface area (Å²) in [6.07, 6.45) is 5.43. The molecule has 1 aromatic rings. The van der Waals surface area contributed by atoms with Gasteiger partial charge in [0.15, 0.2) is 0 Å². The number of hydrogen-bond donors (Lipinski definition) is 2. The normalized spacial score (nSPS) is 22.6. The maximum Gasteiger partial charge on any atom is 0.245 e. The lowest BCUT2D eigenvalue weighted by Crippen LogP contribution is -2.54. The SMILES string of the molecule is Nc1cncc(Br)c1N1CCOCC1C(=O)NC1CC1. The molecule has 1 saturated heterocycles. The number of anilines is 2. The Morgan fingerprint density at radius 3 is 3.00 bits per heavy atom. The molecule has 1 unspecified atom stereocenters. The van der Waals surface area contributed by atoms with Crippen molar-refractivity contribution in [3.8, 4) is 0 Å². The number of carbonyl (C=O) groups is 1. The number of morpholine rings is 1. The Kier molecular flexibility index (Phi) is 3.80. The van der Waals surface area contributed by atoms with Crippen molar-refractivity contribution >= 4 is 33.2 Å². The average Bonchev–Trinajstić information content (AvgIpc) is 3.23. The van der Waals surface area contributed by atoms with Crippen LogP contribution < -0.4 is 16.0 Å². The topological polar surface area (TPSA) is 80.5 Å². The average molecular weight is 341 g/mol. The lowest BCUT2D eigenvalue weighted by Gasteiger charge is -2.37. The second kappa shape index (κ2) is 5.57. The molecule has 0 bridgehead atoms. The van der Waals surface area contributed by atoms with Crippen LogP contribution in [-0.4, -0.2) is 42.7 Å². The van der Waals surface area contributed by atoms with E-state index >= 15 is 0 Å². The molecule has 20 heavy (non-hydrogen) atoms. The number of carbonyl (C=O) groups excluding carboxylic acids is 1. The van der Waals surface area contributed by atoms with Gasteiger partial charge in [0.25, 0.3) is 0 Å². The third-order valence-corrected chi connectivity index (χ3v) is 4.12. The zero-order valence-electron chi connectivity index (χ0n) is 11.0. The predicted octanol–water partition coefficient (Wildman–Crippen LogP) is 0.910. The number of aromatic nitrogens is 1. The van der Waals surface area contributed by atoms with Crippen LogP contribution in [0.1, 0.15) is 12.8 Å². The molecule has 1 atom stereocenters. The van der Waals surface area contributed by atoms with E-state index in [0.29, 0.717) is 31.5 Å². The van der Waals surface area contributed by atoms with Crippen LogP contribution in [0.3, 0.4) is 0 Å². The first kappa shape index (κ1) is 13.6. The van der Waals surface area contributed by atoms with Crippen molar-refractivity contribution in [1.29, 1.82) is 0 Å². The lowest BCUT2D eigenvalue weighted by molar-refractivity contribution is -0.124. The lowest BCUT2D eigenvalue weighted by atomic mass is 10.1. The van der Waals surface area contributed by atoms with Crippen LogP contribution in [0.2, 0.25) is 0 Å². The second-order valence-corrected chi connectivity index (χ2v) is 5.98. The van der Waals surface area contributed by atoms with E-state index in [4.69, 9.17) is 10.5 Å². The molecule has 2 fully saturated rings. The molecule has 0 radical (unpaired) electrons. The monoisotopic (exact) mass is 340 g/mol. The van der Waals surface area contributed by atoms with Gasteiger partial charge in [0.05, 0.1) is 35.3 Å². The summed E-state index contributed by atoms with van der Waals surface area (Å²) in [5, 5.41) is 3.03. The summed E-state index contributed by atoms with van der Waals surface area (Å²) in [6, 6.07) is -0.00476. The summed E-state index contributed by atoms with van der Waals surface area (Å²) in [6.45, 7) is 1.60. The van der Waals surface area contributed by atoms with Crippen LogP contribution in [0.5, 0.6) is 0 Å². The van der Waals surface area contributed by atoms with E-state index in [2.05, 4.69) is 26.2 Å². The molecule has 3 N–H and O–H groups in total. The van der Waals surface area contributed by atoms with Gasteiger partial charge in [0.1, 0.15) is 6.04 Å². The molecule has 2 aliphatic rings. The molecule has 3 rings (SSSR count). The van der Waals surface area contributed by atoms with Crippen molar-refractivity contribution in [2.75, 3.05) is 30.4 Å². The molecular weight excluding hydrogens is 324 g/mol. The number of rotatable bonds is 3. The number of nitrogens with one attached hydrogen (secondary N) is 1. The highest BCUT2D eigenvalue weighted by Gasteiger charge is 2.34. The quantitative estimate of drug-likeness (QED) is 0.854. The fourth-order valence-electron chi connectivity index (χ4n) is 2.36. The number of nitrogen functional groups attached to an aromatic ring is 1. The number of nitrogens with zero attached hydrogens (tertiary/aromatic N) is 2. The number of nitrogens with two attached hydrogens (primary N) is 1. The van der Waals surface area contributed by atoms with E-state index in [1.807, 2.05) is 4.90 Å². The van der Waals surface area contributed by atoms with Crippen LogP contribution in [0.25, 0.3) is 0 Å². The summed E-state index contributed by atoms with van der Waals surface area (Å²) in [5.74, 6) is 0.00955. The molecule has 1 aromatic heterocycles. The van der Waals surface area contributed by atoms with E-state index in [-0.39, 0.29) is 11.9 Å². The highest BCUT2D eigenvalue weighted by molar-refractivity contribution is 9.10. The molecule has 7 heteroatoms. The van der Waals surface area contributed by atoms with Gasteiger partial charge in [0.2, 0.25) is 5.91 Å². The standard InChI is InChI=1S/C13H17BrN4O2/c14-9-5-16-6-10(15)12(9)18-3-4-20-7-11(18)13(19)17-8-1-2-8/h5-6,8,11H,1-4,7,15H2,(H,17,19). The Bertz CT molecular complexity index is 501. The molecule has 0 aromatic carbocycles. The van der Waals surface area contributed by atoms with Gasteiger partial charge in [-0.25, -0.2) is 0 Å². The maximum absolute atomic E-state index is 12.4. The largest absolute Gasteiger partial charge is 0.396 e. The molecular formula is C13H17BrN4O2. The van der Waals surface area contributed by atoms with Crippen LogP contribution in [0.4, 0.5) is 11.4 Å². The summed E-state index contributed by atoms with van der Waals surface area (Å²) in [4.78, 5) is 18.4. The minimum absolute atomic E-state index is 0.00955. The minimum atomic E-state index is -0.342. The highest BCUT2D eigenvalue weighted by atomic mass is 79.9. The number of halogens is 1. The summed E-state index contributed by atoms with van der Waals surface area (Å²) < 4.78 is 6.26. The van der Waals surface area contributed by atoms with Gasteiger partial charge >= 0.3 is 0 Å². The molecule has 2 heterocycles. The Morgan fingerprint density at radius 1 is 1.50 bits per heavy atom. The zero-order valence-corrected chi connectivity index (χ0v) is 12.6. The maximum atomic E-state index is 12.4. The molecule has 0 spiro atoms. The van der Waals surface area contributed by atoms with Gasteiger partial charge in [-0.3, -0.25) is 9.78 Å². The molecule has 108 valence electrons. The van der Waals surface area contributed by atoms with Crippen LogP contribution >= 0.6 is 15.9 Å². The molecule has 1 saturated carbocycles. The van der Waals surface area contributed by atoms with E-state index < -0.39 is 0 Å². The number of ether oxygens (including phenoxy) is 1. The number of hydrogen-bond acceptors (Lipinski definition) is 5. The van der Waals surface area contributed by atoms with Gasteiger partial charge in [-0.1, -0.05) is 0 Å². The summed E-state index contributed by atoms with van der Waals surface area (Å²) in [5.41, 5.74) is 7.40. The molecule has 1 amide bonds. The van der Waals surface area contributed by atoms with Gasteiger partial charge < -0.3 is 20.7 Å². The van der Waals surface area contributed by atoms with Crippen molar-refractivity contribution in [2.45, 2.75) is 24.9 Å². The van der Waals surface area contributed by atoms with Crippen LogP contribution in [-0.2, 0) is 9.53 Å². The Morgan fingerprint density at radius 2 is 2.30 bits per heavy atom. The smallest absolute Gasteiger partial charge is 0.245 e.